The lowest BCUT2D eigenvalue weighted by atomic mass is 9.74. The largest absolute Gasteiger partial charge is 0.481 e. The smallest absolute Gasteiger partial charge is 0.311 e. The number of benzene rings is 1. The number of nitrogens with zero attached hydrogens (tertiary/aromatic N) is 3. The summed E-state index contributed by atoms with van der Waals surface area (Å²) in [5.74, 6) is -1.09. The Morgan fingerprint density at radius 1 is 1.31 bits per heavy atom. The summed E-state index contributed by atoms with van der Waals surface area (Å²) in [5.41, 5.74) is 0.763. The van der Waals surface area contributed by atoms with Gasteiger partial charge in [0.1, 0.15) is 0 Å². The van der Waals surface area contributed by atoms with E-state index < -0.39 is 11.4 Å². The SMILES string of the molecule is O=C(c1ccc(Cn2cccn2)cc1)N1C[C@H]2COCC[C@@]2(C(=O)O)C1. The highest BCUT2D eigenvalue weighted by Crippen LogP contribution is 2.42. The fourth-order valence-electron chi connectivity index (χ4n) is 3.97. The average molecular weight is 355 g/mol. The number of carbonyl (C=O) groups excluding carboxylic acids is 1. The van der Waals surface area contributed by atoms with Crippen molar-refractivity contribution in [3.63, 3.8) is 0 Å². The van der Waals surface area contributed by atoms with Crippen LogP contribution in [0.1, 0.15) is 22.3 Å². The third-order valence-electron chi connectivity index (χ3n) is 5.52. The normalized spacial score (nSPS) is 25.1. The van der Waals surface area contributed by atoms with Gasteiger partial charge in [-0.05, 0) is 30.2 Å². The highest BCUT2D eigenvalue weighted by atomic mass is 16.5. The van der Waals surface area contributed by atoms with E-state index in [1.54, 1.807) is 23.2 Å². The van der Waals surface area contributed by atoms with Gasteiger partial charge in [-0.1, -0.05) is 12.1 Å². The second-order valence-corrected chi connectivity index (χ2v) is 7.07. The predicted molar refractivity (Wildman–Crippen MR) is 92.7 cm³/mol. The molecule has 1 aromatic heterocycles. The lowest BCUT2D eigenvalue weighted by molar-refractivity contribution is -0.157. The van der Waals surface area contributed by atoms with Crippen molar-refractivity contribution in [3.8, 4) is 0 Å². The second kappa shape index (κ2) is 6.57. The van der Waals surface area contributed by atoms with E-state index in [2.05, 4.69) is 5.10 Å². The van der Waals surface area contributed by atoms with Gasteiger partial charge < -0.3 is 14.7 Å². The molecule has 2 aliphatic heterocycles. The van der Waals surface area contributed by atoms with Gasteiger partial charge in [-0.15, -0.1) is 0 Å². The highest BCUT2D eigenvalue weighted by Gasteiger charge is 2.54. The maximum atomic E-state index is 12.9. The van der Waals surface area contributed by atoms with E-state index in [4.69, 9.17) is 4.74 Å². The molecule has 0 unspecified atom stereocenters. The van der Waals surface area contributed by atoms with Crippen LogP contribution < -0.4 is 0 Å². The van der Waals surface area contributed by atoms with Crippen LogP contribution in [-0.2, 0) is 16.1 Å². The standard InChI is InChI=1S/C19H21N3O4/c23-17(15-4-2-14(3-5-15)10-22-8-1-7-20-22)21-11-16-12-26-9-6-19(16,13-21)18(24)25/h1-5,7-8,16H,6,9-13H2,(H,24,25)/t16-,19+/m0/s1. The molecule has 7 heteroatoms. The first-order valence-corrected chi connectivity index (χ1v) is 8.75. The summed E-state index contributed by atoms with van der Waals surface area (Å²) in [6.45, 7) is 2.17. The number of aliphatic carboxylic acids is 1. The molecule has 26 heavy (non-hydrogen) atoms. The van der Waals surface area contributed by atoms with Gasteiger partial charge >= 0.3 is 5.97 Å². The van der Waals surface area contributed by atoms with Crippen LogP contribution in [0.25, 0.3) is 0 Å². The van der Waals surface area contributed by atoms with E-state index in [1.807, 2.05) is 29.1 Å². The molecular formula is C19H21N3O4. The number of hydrogen-bond donors (Lipinski definition) is 1. The maximum absolute atomic E-state index is 12.9. The fourth-order valence-corrected chi connectivity index (χ4v) is 3.97. The van der Waals surface area contributed by atoms with Gasteiger partial charge in [-0.25, -0.2) is 0 Å². The summed E-state index contributed by atoms with van der Waals surface area (Å²) in [4.78, 5) is 26.4. The Morgan fingerprint density at radius 3 is 2.77 bits per heavy atom. The van der Waals surface area contributed by atoms with E-state index in [-0.39, 0.29) is 18.4 Å². The summed E-state index contributed by atoms with van der Waals surface area (Å²) >= 11 is 0. The minimum absolute atomic E-state index is 0.120. The molecule has 1 amide bonds. The van der Waals surface area contributed by atoms with Gasteiger partial charge in [-0.3, -0.25) is 14.3 Å². The molecule has 1 N–H and O–H groups in total. The van der Waals surface area contributed by atoms with Crippen molar-refractivity contribution >= 4 is 11.9 Å². The van der Waals surface area contributed by atoms with E-state index in [0.29, 0.717) is 38.3 Å². The lowest BCUT2D eigenvalue weighted by Gasteiger charge is -2.33. The van der Waals surface area contributed by atoms with Gasteiger partial charge in [0.25, 0.3) is 5.91 Å². The summed E-state index contributed by atoms with van der Waals surface area (Å²) in [6.07, 6.45) is 4.07. The van der Waals surface area contributed by atoms with Crippen LogP contribution in [0.2, 0.25) is 0 Å². The molecule has 4 rings (SSSR count). The van der Waals surface area contributed by atoms with Crippen LogP contribution in [0.5, 0.6) is 0 Å². The van der Waals surface area contributed by atoms with Gasteiger partial charge in [0.2, 0.25) is 0 Å². The number of rotatable bonds is 4. The van der Waals surface area contributed by atoms with Gasteiger partial charge in [-0.2, -0.15) is 5.10 Å². The van der Waals surface area contributed by atoms with Crippen LogP contribution in [0.3, 0.4) is 0 Å². The number of likely N-dealkylation sites (tertiary alicyclic amines) is 1. The first-order valence-electron chi connectivity index (χ1n) is 8.75. The Bertz CT molecular complexity index is 803. The molecular weight excluding hydrogens is 334 g/mol. The van der Waals surface area contributed by atoms with Gasteiger partial charge in [0.15, 0.2) is 0 Å². The number of ether oxygens (including phenoxy) is 1. The number of carbonyl (C=O) groups is 2. The van der Waals surface area contributed by atoms with Crippen LogP contribution in [0, 0.1) is 11.3 Å². The topological polar surface area (TPSA) is 84.7 Å². The third kappa shape index (κ3) is 2.88. The molecule has 2 aliphatic rings. The first kappa shape index (κ1) is 16.8. The zero-order chi connectivity index (χ0) is 18.1. The molecule has 7 nitrogen and oxygen atoms in total. The molecule has 0 bridgehead atoms. The van der Waals surface area contributed by atoms with Crippen LogP contribution in [0.15, 0.2) is 42.7 Å². The number of fused-ring (bicyclic) bond motifs is 1. The van der Waals surface area contributed by atoms with Crippen molar-refractivity contribution in [3.05, 3.63) is 53.9 Å². The average Bonchev–Trinajstić information content (AvgIpc) is 3.29. The van der Waals surface area contributed by atoms with Crippen molar-refractivity contribution in [1.29, 1.82) is 0 Å². The molecule has 0 saturated carbocycles. The zero-order valence-electron chi connectivity index (χ0n) is 14.4. The van der Waals surface area contributed by atoms with Crippen LogP contribution >= 0.6 is 0 Å². The molecule has 0 spiro atoms. The lowest BCUT2D eigenvalue weighted by Crippen LogP contribution is -2.45. The molecule has 3 heterocycles. The van der Waals surface area contributed by atoms with Crippen LogP contribution in [-0.4, -0.2) is 58.0 Å². The molecule has 2 atom stereocenters. The quantitative estimate of drug-likeness (QED) is 0.898. The third-order valence-corrected chi connectivity index (χ3v) is 5.52. The number of hydrogen-bond acceptors (Lipinski definition) is 4. The predicted octanol–water partition coefficient (Wildman–Crippen LogP) is 1.49. The van der Waals surface area contributed by atoms with Crippen molar-refractivity contribution in [2.75, 3.05) is 26.3 Å². The number of carboxylic acid groups (broad SMARTS) is 1. The maximum Gasteiger partial charge on any atom is 0.311 e. The fraction of sp³-hybridized carbons (Fsp3) is 0.421. The van der Waals surface area contributed by atoms with Crippen molar-refractivity contribution in [2.45, 2.75) is 13.0 Å². The number of amides is 1. The van der Waals surface area contributed by atoms with Gasteiger partial charge in [0, 0.05) is 43.6 Å². The summed E-state index contributed by atoms with van der Waals surface area (Å²) in [5, 5.41) is 13.9. The van der Waals surface area contributed by atoms with Crippen molar-refractivity contribution in [1.82, 2.24) is 14.7 Å². The van der Waals surface area contributed by atoms with E-state index in [0.717, 1.165) is 5.56 Å². The first-order chi connectivity index (χ1) is 12.6. The number of carboxylic acids is 1. The molecule has 2 saturated heterocycles. The summed E-state index contributed by atoms with van der Waals surface area (Å²) in [7, 11) is 0. The molecule has 136 valence electrons. The molecule has 0 radical (unpaired) electrons. The zero-order valence-corrected chi connectivity index (χ0v) is 14.4. The van der Waals surface area contributed by atoms with E-state index >= 15 is 0 Å². The summed E-state index contributed by atoms with van der Waals surface area (Å²) < 4.78 is 7.27. The molecule has 0 aliphatic carbocycles. The Labute approximate surface area is 151 Å². The molecule has 2 fully saturated rings. The minimum Gasteiger partial charge on any atom is -0.481 e. The Hall–Kier alpha value is -2.67. The monoisotopic (exact) mass is 355 g/mol. The number of aromatic nitrogens is 2. The van der Waals surface area contributed by atoms with Crippen molar-refractivity contribution in [2.24, 2.45) is 11.3 Å². The summed E-state index contributed by atoms with van der Waals surface area (Å²) in [6, 6.07) is 9.29. The highest BCUT2D eigenvalue weighted by molar-refractivity contribution is 5.95. The Kier molecular flexibility index (Phi) is 4.24. The molecule has 1 aromatic carbocycles. The van der Waals surface area contributed by atoms with Gasteiger partial charge in [0.05, 0.1) is 18.6 Å². The Morgan fingerprint density at radius 2 is 2.12 bits per heavy atom. The molecule has 2 aromatic rings. The second-order valence-electron chi connectivity index (χ2n) is 7.07. The van der Waals surface area contributed by atoms with Crippen LogP contribution in [0.4, 0.5) is 0 Å². The minimum atomic E-state index is -0.867. The van der Waals surface area contributed by atoms with E-state index in [1.165, 1.54) is 0 Å². The Balaban J connectivity index is 1.48. The van der Waals surface area contributed by atoms with E-state index in [9.17, 15) is 14.7 Å². The van der Waals surface area contributed by atoms with Crippen molar-refractivity contribution < 1.29 is 19.4 Å².